The smallest absolute Gasteiger partial charge is 0.416 e. The molecule has 2 aromatic carbocycles. The van der Waals surface area contributed by atoms with Crippen molar-refractivity contribution in [1.29, 1.82) is 0 Å². The van der Waals surface area contributed by atoms with Gasteiger partial charge in [0.15, 0.2) is 0 Å². The Balaban J connectivity index is 1.89. The van der Waals surface area contributed by atoms with E-state index in [1.54, 1.807) is 6.07 Å². The number of aromatic nitrogens is 2. The van der Waals surface area contributed by atoms with E-state index in [-0.39, 0.29) is 23.7 Å². The average Bonchev–Trinajstić information content (AvgIpc) is 3.08. The Morgan fingerprint density at radius 3 is 2.53 bits per heavy atom. The summed E-state index contributed by atoms with van der Waals surface area (Å²) in [4.78, 5) is 28.1. The molecule has 9 heteroatoms. The second-order valence-corrected chi connectivity index (χ2v) is 6.93. The zero-order valence-electron chi connectivity index (χ0n) is 16.3. The van der Waals surface area contributed by atoms with Crippen molar-refractivity contribution in [2.24, 2.45) is 0 Å². The predicted molar refractivity (Wildman–Crippen MR) is 104 cm³/mol. The van der Waals surface area contributed by atoms with Gasteiger partial charge in [-0.1, -0.05) is 13.0 Å². The Kier molecular flexibility index (Phi) is 5.82. The van der Waals surface area contributed by atoms with Crippen molar-refractivity contribution in [1.82, 2.24) is 14.9 Å². The van der Waals surface area contributed by atoms with Gasteiger partial charge in [0.05, 0.1) is 28.7 Å². The fourth-order valence-corrected chi connectivity index (χ4v) is 3.18. The first kappa shape index (κ1) is 21.4. The summed E-state index contributed by atoms with van der Waals surface area (Å²) < 4.78 is 40.5. The number of nitrogens with zero attached hydrogens (tertiary/aromatic N) is 2. The van der Waals surface area contributed by atoms with Gasteiger partial charge in [0.25, 0.3) is 5.91 Å². The van der Waals surface area contributed by atoms with Crippen LogP contribution in [-0.2, 0) is 12.7 Å². The molecule has 0 saturated carbocycles. The predicted octanol–water partition coefficient (Wildman–Crippen LogP) is 4.65. The number of carbonyl (C=O) groups is 2. The SMILES string of the molecule is CC[C@@H](C)n1c(CNC(=O)c2cccc(C(F)(F)F)c2)nc2cc(C(=O)O)ccc21. The van der Waals surface area contributed by atoms with Crippen LogP contribution in [0.25, 0.3) is 11.0 Å². The summed E-state index contributed by atoms with van der Waals surface area (Å²) >= 11 is 0. The maximum Gasteiger partial charge on any atom is 0.416 e. The first-order chi connectivity index (χ1) is 14.1. The number of aromatic carboxylic acids is 1. The first-order valence-electron chi connectivity index (χ1n) is 9.31. The number of carboxylic acids is 1. The van der Waals surface area contributed by atoms with E-state index in [1.165, 1.54) is 24.3 Å². The standard InChI is InChI=1S/C21H20F3N3O3/c1-3-12(2)27-17-8-7-14(20(29)30)10-16(17)26-18(27)11-25-19(28)13-5-4-6-15(9-13)21(22,23)24/h4-10,12H,3,11H2,1-2H3,(H,25,28)(H,29,30)/t12-/m1/s1. The quantitative estimate of drug-likeness (QED) is 0.609. The number of alkyl halides is 3. The highest BCUT2D eigenvalue weighted by atomic mass is 19.4. The van der Waals surface area contributed by atoms with Crippen molar-refractivity contribution in [2.75, 3.05) is 0 Å². The number of carbonyl (C=O) groups excluding carboxylic acids is 1. The normalized spacial score (nSPS) is 12.7. The van der Waals surface area contributed by atoms with Gasteiger partial charge in [-0.05, 0) is 49.7 Å². The lowest BCUT2D eigenvalue weighted by Gasteiger charge is -2.16. The van der Waals surface area contributed by atoms with E-state index in [1.807, 2.05) is 18.4 Å². The van der Waals surface area contributed by atoms with Gasteiger partial charge in [0, 0.05) is 11.6 Å². The van der Waals surface area contributed by atoms with E-state index in [9.17, 15) is 27.9 Å². The molecule has 0 fully saturated rings. The lowest BCUT2D eigenvalue weighted by Crippen LogP contribution is -2.25. The molecule has 0 aliphatic heterocycles. The summed E-state index contributed by atoms with van der Waals surface area (Å²) in [5, 5.41) is 11.8. The van der Waals surface area contributed by atoms with Gasteiger partial charge in [-0.25, -0.2) is 9.78 Å². The van der Waals surface area contributed by atoms with E-state index in [2.05, 4.69) is 10.3 Å². The van der Waals surface area contributed by atoms with E-state index in [0.717, 1.165) is 24.1 Å². The van der Waals surface area contributed by atoms with Crippen molar-refractivity contribution >= 4 is 22.9 Å². The average molecular weight is 419 g/mol. The summed E-state index contributed by atoms with van der Waals surface area (Å²) in [6.45, 7) is 3.92. The highest BCUT2D eigenvalue weighted by Gasteiger charge is 2.31. The summed E-state index contributed by atoms with van der Waals surface area (Å²) in [7, 11) is 0. The fraction of sp³-hybridized carbons (Fsp3) is 0.286. The second-order valence-electron chi connectivity index (χ2n) is 6.93. The molecule has 0 bridgehead atoms. The molecule has 2 N–H and O–H groups in total. The van der Waals surface area contributed by atoms with Gasteiger partial charge in [-0.2, -0.15) is 13.2 Å². The highest BCUT2D eigenvalue weighted by Crippen LogP contribution is 2.29. The van der Waals surface area contributed by atoms with Gasteiger partial charge in [-0.15, -0.1) is 0 Å². The summed E-state index contributed by atoms with van der Waals surface area (Å²) in [6.07, 6.45) is -3.77. The molecule has 158 valence electrons. The van der Waals surface area contributed by atoms with Crippen LogP contribution in [0.15, 0.2) is 42.5 Å². The summed E-state index contributed by atoms with van der Waals surface area (Å²) in [6, 6.07) is 8.80. The maximum absolute atomic E-state index is 12.9. The zero-order chi connectivity index (χ0) is 22.1. The lowest BCUT2D eigenvalue weighted by atomic mass is 10.1. The lowest BCUT2D eigenvalue weighted by molar-refractivity contribution is -0.137. The third-order valence-electron chi connectivity index (χ3n) is 4.90. The summed E-state index contributed by atoms with van der Waals surface area (Å²) in [5.41, 5.74) is 0.277. The number of rotatable bonds is 6. The van der Waals surface area contributed by atoms with Crippen molar-refractivity contribution < 1.29 is 27.9 Å². The van der Waals surface area contributed by atoms with Gasteiger partial charge in [-0.3, -0.25) is 4.79 Å². The first-order valence-corrected chi connectivity index (χ1v) is 9.31. The maximum atomic E-state index is 12.9. The van der Waals surface area contributed by atoms with Gasteiger partial charge >= 0.3 is 12.1 Å². The van der Waals surface area contributed by atoms with Crippen LogP contribution in [0, 0.1) is 0 Å². The molecule has 1 heterocycles. The number of halogens is 3. The Morgan fingerprint density at radius 2 is 1.90 bits per heavy atom. The van der Waals surface area contributed by atoms with Crippen LogP contribution in [0.1, 0.15) is 58.4 Å². The Morgan fingerprint density at radius 1 is 1.17 bits per heavy atom. The van der Waals surface area contributed by atoms with Crippen LogP contribution in [0.5, 0.6) is 0 Å². The number of amides is 1. The monoisotopic (exact) mass is 419 g/mol. The second kappa shape index (κ2) is 8.17. The van der Waals surface area contributed by atoms with Crippen LogP contribution < -0.4 is 5.32 Å². The van der Waals surface area contributed by atoms with Crippen LogP contribution >= 0.6 is 0 Å². The van der Waals surface area contributed by atoms with Crippen LogP contribution in [-0.4, -0.2) is 26.5 Å². The third kappa shape index (κ3) is 4.29. The largest absolute Gasteiger partial charge is 0.478 e. The third-order valence-corrected chi connectivity index (χ3v) is 4.90. The van der Waals surface area contributed by atoms with Gasteiger partial charge in [0.2, 0.25) is 0 Å². The molecule has 1 amide bonds. The molecular formula is C21H20F3N3O3. The molecule has 0 unspecified atom stereocenters. The summed E-state index contributed by atoms with van der Waals surface area (Å²) in [5.74, 6) is -1.24. The Labute approximate surface area is 170 Å². The number of carboxylic acid groups (broad SMARTS) is 1. The van der Waals surface area contributed by atoms with E-state index < -0.39 is 23.6 Å². The molecule has 3 rings (SSSR count). The molecule has 0 saturated heterocycles. The number of hydrogen-bond acceptors (Lipinski definition) is 3. The Hall–Kier alpha value is -3.36. The van der Waals surface area contributed by atoms with E-state index in [0.29, 0.717) is 11.3 Å². The molecule has 1 atom stereocenters. The highest BCUT2D eigenvalue weighted by molar-refractivity contribution is 5.94. The molecular weight excluding hydrogens is 399 g/mol. The Bertz CT molecular complexity index is 1110. The zero-order valence-corrected chi connectivity index (χ0v) is 16.3. The van der Waals surface area contributed by atoms with Gasteiger partial charge < -0.3 is 15.0 Å². The minimum absolute atomic E-state index is 0.0174. The van der Waals surface area contributed by atoms with Crippen molar-refractivity contribution in [2.45, 2.75) is 39.0 Å². The van der Waals surface area contributed by atoms with Crippen LogP contribution in [0.4, 0.5) is 13.2 Å². The number of fused-ring (bicyclic) bond motifs is 1. The topological polar surface area (TPSA) is 84.2 Å². The van der Waals surface area contributed by atoms with Crippen molar-refractivity contribution in [3.63, 3.8) is 0 Å². The fourth-order valence-electron chi connectivity index (χ4n) is 3.18. The molecule has 1 aromatic heterocycles. The molecule has 30 heavy (non-hydrogen) atoms. The molecule has 0 spiro atoms. The van der Waals surface area contributed by atoms with Crippen molar-refractivity contribution in [3.05, 3.63) is 65.0 Å². The number of hydrogen-bond donors (Lipinski definition) is 2. The molecule has 3 aromatic rings. The minimum Gasteiger partial charge on any atom is -0.478 e. The van der Waals surface area contributed by atoms with Crippen molar-refractivity contribution in [3.8, 4) is 0 Å². The minimum atomic E-state index is -4.54. The molecule has 0 aliphatic carbocycles. The molecule has 0 aliphatic rings. The van der Waals surface area contributed by atoms with E-state index in [4.69, 9.17) is 0 Å². The number of benzene rings is 2. The number of nitrogens with one attached hydrogen (secondary N) is 1. The molecule has 0 radical (unpaired) electrons. The van der Waals surface area contributed by atoms with E-state index >= 15 is 0 Å². The van der Waals surface area contributed by atoms with Crippen LogP contribution in [0.3, 0.4) is 0 Å². The number of imidazole rings is 1. The van der Waals surface area contributed by atoms with Crippen LogP contribution in [0.2, 0.25) is 0 Å². The van der Waals surface area contributed by atoms with Gasteiger partial charge in [0.1, 0.15) is 5.82 Å². The molecule has 6 nitrogen and oxygen atoms in total.